The average Bonchev–Trinajstić information content (AvgIpc) is 2.74. The third kappa shape index (κ3) is 4.22. The van der Waals surface area contributed by atoms with Crippen LogP contribution < -0.4 is 5.32 Å². The smallest absolute Gasteiger partial charge is 0.151 e. The van der Waals surface area contributed by atoms with Crippen molar-refractivity contribution in [3.63, 3.8) is 0 Å². The van der Waals surface area contributed by atoms with Gasteiger partial charge in [-0.25, -0.2) is 8.42 Å². The molecular weight excluding hydrogens is 246 g/mol. The van der Waals surface area contributed by atoms with Crippen LogP contribution in [0.4, 0.5) is 0 Å². The maximum absolute atomic E-state index is 11.3. The number of rotatable bonds is 7. The summed E-state index contributed by atoms with van der Waals surface area (Å²) in [4.78, 5) is 0. The molecule has 1 saturated carbocycles. The highest BCUT2D eigenvalue weighted by atomic mass is 35.5. The SMILES string of the molecule is CCS(=O)(=O)CCNCC1(CCl)CCCC1. The molecular formula is C11H22ClNO2S. The fourth-order valence-electron chi connectivity index (χ4n) is 2.21. The van der Waals surface area contributed by atoms with E-state index in [0.717, 1.165) is 6.54 Å². The fourth-order valence-corrected chi connectivity index (χ4v) is 3.31. The molecule has 0 aromatic heterocycles. The standard InChI is InChI=1S/C11H22ClNO2S/c1-2-16(14,15)8-7-13-10-11(9-12)5-3-4-6-11/h13H,2-10H2,1H3. The summed E-state index contributed by atoms with van der Waals surface area (Å²) in [7, 11) is -2.84. The van der Waals surface area contributed by atoms with Crippen molar-refractivity contribution in [3.8, 4) is 0 Å². The summed E-state index contributed by atoms with van der Waals surface area (Å²) in [5.74, 6) is 1.15. The first kappa shape index (κ1) is 14.3. The van der Waals surface area contributed by atoms with Crippen LogP contribution in [0.15, 0.2) is 0 Å². The van der Waals surface area contributed by atoms with E-state index in [-0.39, 0.29) is 16.9 Å². The van der Waals surface area contributed by atoms with Gasteiger partial charge in [0.05, 0.1) is 5.75 Å². The predicted molar refractivity (Wildman–Crippen MR) is 68.8 cm³/mol. The van der Waals surface area contributed by atoms with Gasteiger partial charge in [0.15, 0.2) is 9.84 Å². The molecule has 0 bridgehead atoms. The van der Waals surface area contributed by atoms with Gasteiger partial charge in [0, 0.05) is 24.7 Å². The Balaban J connectivity index is 2.24. The van der Waals surface area contributed by atoms with Gasteiger partial charge in [-0.1, -0.05) is 19.8 Å². The molecule has 0 aromatic carbocycles. The zero-order valence-electron chi connectivity index (χ0n) is 9.97. The predicted octanol–water partition coefficient (Wildman–Crippen LogP) is 1.81. The van der Waals surface area contributed by atoms with Crippen molar-refractivity contribution in [1.82, 2.24) is 5.32 Å². The van der Waals surface area contributed by atoms with Gasteiger partial charge in [0.25, 0.3) is 0 Å². The molecule has 16 heavy (non-hydrogen) atoms. The van der Waals surface area contributed by atoms with E-state index >= 15 is 0 Å². The highest BCUT2D eigenvalue weighted by Gasteiger charge is 2.32. The summed E-state index contributed by atoms with van der Waals surface area (Å²) in [5, 5.41) is 3.25. The lowest BCUT2D eigenvalue weighted by Crippen LogP contribution is -2.36. The van der Waals surface area contributed by atoms with Crippen LogP contribution in [0, 0.1) is 5.41 Å². The molecule has 0 aliphatic heterocycles. The van der Waals surface area contributed by atoms with Crippen molar-refractivity contribution in [1.29, 1.82) is 0 Å². The lowest BCUT2D eigenvalue weighted by Gasteiger charge is -2.26. The van der Waals surface area contributed by atoms with Crippen LogP contribution in [-0.4, -0.2) is 38.9 Å². The molecule has 96 valence electrons. The quantitative estimate of drug-likeness (QED) is 0.565. The zero-order chi connectivity index (χ0) is 12.1. The van der Waals surface area contributed by atoms with Crippen molar-refractivity contribution in [3.05, 3.63) is 0 Å². The topological polar surface area (TPSA) is 46.2 Å². The molecule has 0 heterocycles. The van der Waals surface area contributed by atoms with Crippen molar-refractivity contribution in [2.24, 2.45) is 5.41 Å². The van der Waals surface area contributed by atoms with E-state index in [1.807, 2.05) is 0 Å². The summed E-state index contributed by atoms with van der Waals surface area (Å²) in [6.45, 7) is 3.09. The lowest BCUT2D eigenvalue weighted by molar-refractivity contribution is 0.324. The Kier molecular flexibility index (Phi) is 5.54. The second-order valence-corrected chi connectivity index (χ2v) is 7.49. The normalized spacial score (nSPS) is 20.1. The summed E-state index contributed by atoms with van der Waals surface area (Å²) < 4.78 is 22.6. The minimum atomic E-state index is -2.84. The molecule has 0 radical (unpaired) electrons. The summed E-state index contributed by atoms with van der Waals surface area (Å²) in [6.07, 6.45) is 4.84. The van der Waals surface area contributed by atoms with Gasteiger partial charge in [-0.15, -0.1) is 11.6 Å². The Morgan fingerprint density at radius 2 is 1.94 bits per heavy atom. The number of sulfone groups is 1. The Morgan fingerprint density at radius 1 is 1.31 bits per heavy atom. The maximum Gasteiger partial charge on any atom is 0.151 e. The largest absolute Gasteiger partial charge is 0.315 e. The van der Waals surface area contributed by atoms with Crippen LogP contribution in [0.5, 0.6) is 0 Å². The van der Waals surface area contributed by atoms with Crippen LogP contribution in [0.3, 0.4) is 0 Å². The Hall–Kier alpha value is 0.200. The van der Waals surface area contributed by atoms with Gasteiger partial charge >= 0.3 is 0 Å². The fraction of sp³-hybridized carbons (Fsp3) is 1.00. The van der Waals surface area contributed by atoms with E-state index in [4.69, 9.17) is 11.6 Å². The second-order valence-electron chi connectivity index (χ2n) is 4.75. The minimum absolute atomic E-state index is 0.220. The van der Waals surface area contributed by atoms with Gasteiger partial charge in [0.2, 0.25) is 0 Å². The first-order chi connectivity index (χ1) is 7.54. The van der Waals surface area contributed by atoms with E-state index in [1.54, 1.807) is 6.92 Å². The highest BCUT2D eigenvalue weighted by Crippen LogP contribution is 2.38. The van der Waals surface area contributed by atoms with Crippen molar-refractivity contribution in [2.75, 3.05) is 30.5 Å². The van der Waals surface area contributed by atoms with Gasteiger partial charge in [-0.05, 0) is 18.3 Å². The van der Waals surface area contributed by atoms with Crippen LogP contribution in [0.1, 0.15) is 32.6 Å². The van der Waals surface area contributed by atoms with Crippen molar-refractivity contribution in [2.45, 2.75) is 32.6 Å². The number of hydrogen-bond donors (Lipinski definition) is 1. The van der Waals surface area contributed by atoms with Gasteiger partial charge in [-0.3, -0.25) is 0 Å². The molecule has 5 heteroatoms. The Labute approximate surface area is 104 Å². The van der Waals surface area contributed by atoms with E-state index in [2.05, 4.69) is 5.32 Å². The maximum atomic E-state index is 11.3. The van der Waals surface area contributed by atoms with Gasteiger partial charge < -0.3 is 5.32 Å². The molecule has 0 amide bonds. The Bertz CT molecular complexity index is 297. The van der Waals surface area contributed by atoms with E-state index < -0.39 is 9.84 Å². The van der Waals surface area contributed by atoms with Crippen molar-refractivity contribution < 1.29 is 8.42 Å². The van der Waals surface area contributed by atoms with Crippen LogP contribution >= 0.6 is 11.6 Å². The minimum Gasteiger partial charge on any atom is -0.315 e. The number of hydrogen-bond acceptors (Lipinski definition) is 3. The van der Waals surface area contributed by atoms with Gasteiger partial charge in [-0.2, -0.15) is 0 Å². The molecule has 1 aliphatic carbocycles. The zero-order valence-corrected chi connectivity index (χ0v) is 11.5. The van der Waals surface area contributed by atoms with E-state index in [0.29, 0.717) is 12.4 Å². The van der Waals surface area contributed by atoms with Crippen LogP contribution in [0.25, 0.3) is 0 Å². The van der Waals surface area contributed by atoms with E-state index in [9.17, 15) is 8.42 Å². The van der Waals surface area contributed by atoms with Gasteiger partial charge in [0.1, 0.15) is 0 Å². The number of halogens is 1. The van der Waals surface area contributed by atoms with Crippen LogP contribution in [0.2, 0.25) is 0 Å². The summed E-state index contributed by atoms with van der Waals surface area (Å²) >= 11 is 6.00. The van der Waals surface area contributed by atoms with Crippen molar-refractivity contribution >= 4 is 21.4 Å². The summed E-state index contributed by atoms with van der Waals surface area (Å²) in [6, 6.07) is 0. The molecule has 0 unspecified atom stereocenters. The molecule has 1 N–H and O–H groups in total. The molecule has 3 nitrogen and oxygen atoms in total. The first-order valence-electron chi connectivity index (χ1n) is 6.01. The first-order valence-corrected chi connectivity index (χ1v) is 8.36. The summed E-state index contributed by atoms with van der Waals surface area (Å²) in [5.41, 5.74) is 0.220. The lowest BCUT2D eigenvalue weighted by atomic mass is 9.88. The highest BCUT2D eigenvalue weighted by molar-refractivity contribution is 7.91. The average molecular weight is 268 g/mol. The number of nitrogens with one attached hydrogen (secondary N) is 1. The molecule has 1 aliphatic rings. The van der Waals surface area contributed by atoms with E-state index in [1.165, 1.54) is 25.7 Å². The molecule has 0 atom stereocenters. The molecule has 0 saturated heterocycles. The molecule has 0 spiro atoms. The molecule has 1 rings (SSSR count). The van der Waals surface area contributed by atoms with Crippen LogP contribution in [-0.2, 0) is 9.84 Å². The third-order valence-corrected chi connectivity index (χ3v) is 5.75. The monoisotopic (exact) mass is 267 g/mol. The number of alkyl halides is 1. The third-order valence-electron chi connectivity index (χ3n) is 3.48. The Morgan fingerprint density at radius 3 is 2.44 bits per heavy atom. The molecule has 1 fully saturated rings. The second kappa shape index (κ2) is 6.22. The molecule has 0 aromatic rings.